The van der Waals surface area contributed by atoms with Crippen LogP contribution in [0.4, 0.5) is 0 Å². The van der Waals surface area contributed by atoms with Crippen molar-refractivity contribution in [2.45, 2.75) is 44.8 Å². The van der Waals surface area contributed by atoms with Crippen LogP contribution in [0.3, 0.4) is 0 Å². The molecule has 172 valence electrons. The summed E-state index contributed by atoms with van der Waals surface area (Å²) < 4.78 is 11.2. The predicted octanol–water partition coefficient (Wildman–Crippen LogP) is 3.24. The van der Waals surface area contributed by atoms with Gasteiger partial charge >= 0.3 is 0 Å². The maximum atomic E-state index is 13.4. The van der Waals surface area contributed by atoms with Gasteiger partial charge in [-0.25, -0.2) is 10.9 Å². The zero-order chi connectivity index (χ0) is 22.7. The van der Waals surface area contributed by atoms with E-state index in [-0.39, 0.29) is 35.7 Å². The molecule has 4 atom stereocenters. The number of hydrazine groups is 1. The number of phenols is 1. The van der Waals surface area contributed by atoms with Crippen molar-refractivity contribution < 1.29 is 19.4 Å². The lowest BCUT2D eigenvalue weighted by Gasteiger charge is -2.31. The Labute approximate surface area is 189 Å². The molecule has 1 amide bonds. The number of hydrogen-bond acceptors (Lipinski definition) is 6. The molecule has 2 saturated heterocycles. The minimum atomic E-state index is -0.383. The first-order chi connectivity index (χ1) is 15.5. The normalized spacial score (nSPS) is 24.7. The van der Waals surface area contributed by atoms with Gasteiger partial charge in [-0.3, -0.25) is 4.79 Å². The third-order valence-electron chi connectivity index (χ3n) is 6.43. The van der Waals surface area contributed by atoms with E-state index in [1.807, 2.05) is 42.2 Å². The van der Waals surface area contributed by atoms with E-state index in [9.17, 15) is 9.90 Å². The molecule has 0 aromatic heterocycles. The van der Waals surface area contributed by atoms with Crippen molar-refractivity contribution in [1.29, 1.82) is 0 Å². The van der Waals surface area contributed by atoms with E-state index in [1.165, 1.54) is 0 Å². The molecule has 0 saturated carbocycles. The van der Waals surface area contributed by atoms with E-state index in [1.54, 1.807) is 13.2 Å². The number of nitrogens with one attached hydrogen (secondary N) is 2. The number of aromatic hydroxyl groups is 1. The molecule has 4 unspecified atom stereocenters. The van der Waals surface area contributed by atoms with Crippen molar-refractivity contribution in [3.8, 4) is 11.5 Å². The highest BCUT2D eigenvalue weighted by Crippen LogP contribution is 2.48. The first-order valence-electron chi connectivity index (χ1n) is 11.4. The van der Waals surface area contributed by atoms with Crippen LogP contribution < -0.4 is 15.6 Å². The first-order valence-corrected chi connectivity index (χ1v) is 11.4. The highest BCUT2D eigenvalue weighted by atomic mass is 16.5. The number of methoxy groups -OCH3 is 1. The Balaban J connectivity index is 1.71. The molecule has 3 N–H and O–H groups in total. The van der Waals surface area contributed by atoms with E-state index in [2.05, 4.69) is 23.8 Å². The minimum absolute atomic E-state index is 0.0384. The van der Waals surface area contributed by atoms with Gasteiger partial charge in [0.1, 0.15) is 17.5 Å². The molecule has 2 aromatic rings. The maximum absolute atomic E-state index is 13.4. The van der Waals surface area contributed by atoms with Crippen LogP contribution in [-0.4, -0.2) is 48.8 Å². The lowest BCUT2D eigenvalue weighted by Crippen LogP contribution is -2.42. The van der Waals surface area contributed by atoms with Gasteiger partial charge in [0.05, 0.1) is 25.3 Å². The molecule has 2 heterocycles. The zero-order valence-corrected chi connectivity index (χ0v) is 19.0. The minimum Gasteiger partial charge on any atom is -0.508 e. The van der Waals surface area contributed by atoms with Crippen molar-refractivity contribution in [1.82, 2.24) is 15.8 Å². The monoisotopic (exact) mass is 439 g/mol. The molecule has 0 radical (unpaired) electrons. The van der Waals surface area contributed by atoms with Crippen LogP contribution in [0.25, 0.3) is 0 Å². The highest BCUT2D eigenvalue weighted by molar-refractivity contribution is 5.86. The Morgan fingerprint density at radius 3 is 2.69 bits per heavy atom. The van der Waals surface area contributed by atoms with Crippen LogP contribution in [0, 0.1) is 12.8 Å². The Morgan fingerprint density at radius 2 is 1.91 bits per heavy atom. The molecule has 7 nitrogen and oxygen atoms in total. The number of fused-ring (bicyclic) bond motifs is 1. The smallest absolute Gasteiger partial charge is 0.242 e. The van der Waals surface area contributed by atoms with E-state index in [0.717, 1.165) is 35.3 Å². The zero-order valence-electron chi connectivity index (χ0n) is 19.0. The van der Waals surface area contributed by atoms with Crippen molar-refractivity contribution in [2.24, 2.45) is 5.92 Å². The molecule has 0 spiro atoms. The summed E-state index contributed by atoms with van der Waals surface area (Å²) in [7, 11) is 1.64. The highest BCUT2D eigenvalue weighted by Gasteiger charge is 2.55. The van der Waals surface area contributed by atoms with Crippen molar-refractivity contribution in [3.05, 3.63) is 59.2 Å². The summed E-state index contributed by atoms with van der Waals surface area (Å²) in [5.74, 6) is 0.982. The number of aryl methyl sites for hydroxylation is 1. The summed E-state index contributed by atoms with van der Waals surface area (Å²) >= 11 is 0. The van der Waals surface area contributed by atoms with Crippen molar-refractivity contribution >= 4 is 5.91 Å². The molecule has 2 fully saturated rings. The van der Waals surface area contributed by atoms with Crippen LogP contribution in [0.5, 0.6) is 11.5 Å². The molecular weight excluding hydrogens is 406 g/mol. The fourth-order valence-corrected chi connectivity index (χ4v) is 4.85. The number of carbonyl (C=O) groups excluding carboxylic acids is 1. The quantitative estimate of drug-likeness (QED) is 0.521. The van der Waals surface area contributed by atoms with Gasteiger partial charge in [-0.05, 0) is 37.1 Å². The SMILES string of the molecule is CCCCOc1cccc(C2C3C(NNC3c3cc(C)ccc3O)C(=O)N2CCOC)c1. The molecule has 2 aromatic carbocycles. The average molecular weight is 440 g/mol. The average Bonchev–Trinajstić information content (AvgIpc) is 3.33. The fourth-order valence-electron chi connectivity index (χ4n) is 4.85. The van der Waals surface area contributed by atoms with Crippen molar-refractivity contribution in [3.63, 3.8) is 0 Å². The molecule has 0 bridgehead atoms. The summed E-state index contributed by atoms with van der Waals surface area (Å²) in [6, 6.07) is 12.9. The lowest BCUT2D eigenvalue weighted by molar-refractivity contribution is -0.131. The van der Waals surface area contributed by atoms with Crippen LogP contribution in [0.1, 0.15) is 48.5 Å². The standard InChI is InChI=1S/C25H33N3O4/c1-4-5-12-32-18-8-6-7-17(15-18)24-21-22(19-14-16(2)9-10-20(19)29)26-27-23(21)25(30)28(24)11-13-31-3/h6-10,14-15,21-24,26-27,29H,4-5,11-13H2,1-3H3. The van der Waals surface area contributed by atoms with Gasteiger partial charge in [-0.15, -0.1) is 0 Å². The number of benzene rings is 2. The topological polar surface area (TPSA) is 83.1 Å². The largest absolute Gasteiger partial charge is 0.508 e. The van der Waals surface area contributed by atoms with Gasteiger partial charge in [0.25, 0.3) is 0 Å². The number of ether oxygens (including phenoxy) is 2. The van der Waals surface area contributed by atoms with Crippen LogP contribution in [0.15, 0.2) is 42.5 Å². The summed E-state index contributed by atoms with van der Waals surface area (Å²) in [5, 5.41) is 10.6. The first kappa shape index (κ1) is 22.6. The molecular formula is C25H33N3O4. The van der Waals surface area contributed by atoms with Gasteiger partial charge in [0, 0.05) is 25.1 Å². The third kappa shape index (κ3) is 4.33. The van der Waals surface area contributed by atoms with Crippen LogP contribution >= 0.6 is 0 Å². The number of nitrogens with zero attached hydrogens (tertiary/aromatic N) is 1. The van der Waals surface area contributed by atoms with E-state index in [0.29, 0.717) is 19.8 Å². The fraction of sp³-hybridized carbons (Fsp3) is 0.480. The number of likely N-dealkylation sites (tertiary alicyclic amines) is 1. The van der Waals surface area contributed by atoms with E-state index < -0.39 is 0 Å². The Bertz CT molecular complexity index is 951. The summed E-state index contributed by atoms with van der Waals surface area (Å²) in [6.45, 7) is 5.77. The number of unbranched alkanes of at least 4 members (excludes halogenated alkanes) is 1. The maximum Gasteiger partial charge on any atom is 0.242 e. The van der Waals surface area contributed by atoms with Crippen molar-refractivity contribution in [2.75, 3.05) is 26.9 Å². The molecule has 0 aliphatic carbocycles. The summed E-state index contributed by atoms with van der Waals surface area (Å²) in [6.07, 6.45) is 2.07. The van der Waals surface area contributed by atoms with Gasteiger partial charge in [0.2, 0.25) is 5.91 Å². The Morgan fingerprint density at radius 1 is 1.09 bits per heavy atom. The second-order valence-electron chi connectivity index (χ2n) is 8.63. The predicted molar refractivity (Wildman–Crippen MR) is 122 cm³/mol. The summed E-state index contributed by atoms with van der Waals surface area (Å²) in [4.78, 5) is 15.3. The second-order valence-corrected chi connectivity index (χ2v) is 8.63. The van der Waals surface area contributed by atoms with Gasteiger partial charge in [0.15, 0.2) is 0 Å². The number of phenolic OH excluding ortho intramolecular Hbond substituents is 1. The molecule has 4 rings (SSSR count). The van der Waals surface area contributed by atoms with Crippen LogP contribution in [0.2, 0.25) is 0 Å². The van der Waals surface area contributed by atoms with Gasteiger partial charge < -0.3 is 19.5 Å². The number of rotatable bonds is 9. The lowest BCUT2D eigenvalue weighted by atomic mass is 9.82. The van der Waals surface area contributed by atoms with Gasteiger partial charge in [-0.2, -0.15) is 0 Å². The number of carbonyl (C=O) groups is 1. The third-order valence-corrected chi connectivity index (χ3v) is 6.43. The molecule has 7 heteroatoms. The van der Waals surface area contributed by atoms with Crippen LogP contribution in [-0.2, 0) is 9.53 Å². The molecule has 2 aliphatic heterocycles. The van der Waals surface area contributed by atoms with E-state index in [4.69, 9.17) is 9.47 Å². The number of hydrogen-bond donors (Lipinski definition) is 3. The second kappa shape index (κ2) is 9.90. The summed E-state index contributed by atoms with van der Waals surface area (Å²) in [5.41, 5.74) is 9.37. The van der Waals surface area contributed by atoms with E-state index >= 15 is 0 Å². The molecule has 2 aliphatic rings. The van der Waals surface area contributed by atoms with Gasteiger partial charge in [-0.1, -0.05) is 43.2 Å². The Kier molecular flexibility index (Phi) is 6.98. The Hall–Kier alpha value is -2.61. The number of amides is 1. The molecule has 32 heavy (non-hydrogen) atoms.